The highest BCUT2D eigenvalue weighted by Gasteiger charge is 2.31. The summed E-state index contributed by atoms with van der Waals surface area (Å²) in [6.07, 6.45) is 1.58. The molecule has 2 saturated heterocycles. The van der Waals surface area contributed by atoms with E-state index in [1.54, 1.807) is 11.3 Å². The molecular weight excluding hydrogens is 422 g/mol. The molecular formula is C25H33N3O3S. The van der Waals surface area contributed by atoms with E-state index in [0.717, 1.165) is 46.9 Å². The first-order valence-corrected chi connectivity index (χ1v) is 12.3. The average Bonchev–Trinajstić information content (AvgIpc) is 3.25. The van der Waals surface area contributed by atoms with Gasteiger partial charge in [-0.05, 0) is 24.5 Å². The van der Waals surface area contributed by atoms with Gasteiger partial charge in [-0.3, -0.25) is 9.59 Å². The van der Waals surface area contributed by atoms with E-state index < -0.39 is 0 Å². The number of nitrogens with one attached hydrogen (secondary N) is 1. The Kier molecular flexibility index (Phi) is 6.86. The normalized spacial score (nSPS) is 18.0. The third-order valence-electron chi connectivity index (χ3n) is 6.08. The Bertz CT molecular complexity index is 937. The maximum atomic E-state index is 13.1. The lowest BCUT2D eigenvalue weighted by Crippen LogP contribution is -2.49. The minimum Gasteiger partial charge on any atom is -0.378 e. The van der Waals surface area contributed by atoms with Crippen molar-refractivity contribution < 1.29 is 14.3 Å². The number of morpholine rings is 1. The lowest BCUT2D eigenvalue weighted by molar-refractivity contribution is -0.140. The van der Waals surface area contributed by atoms with Crippen LogP contribution < -0.4 is 10.2 Å². The number of hydrogen-bond acceptors (Lipinski definition) is 5. The van der Waals surface area contributed by atoms with Crippen LogP contribution >= 0.6 is 11.3 Å². The number of benzene rings is 1. The topological polar surface area (TPSA) is 61.9 Å². The van der Waals surface area contributed by atoms with Crippen LogP contribution in [0.3, 0.4) is 0 Å². The molecule has 2 amide bonds. The van der Waals surface area contributed by atoms with Gasteiger partial charge in [-0.1, -0.05) is 51.1 Å². The first-order valence-electron chi connectivity index (χ1n) is 11.4. The highest BCUT2D eigenvalue weighted by Crippen LogP contribution is 2.39. The van der Waals surface area contributed by atoms with Crippen molar-refractivity contribution in [3.8, 4) is 11.1 Å². The van der Waals surface area contributed by atoms with Crippen molar-refractivity contribution >= 4 is 28.2 Å². The van der Waals surface area contributed by atoms with Crippen LogP contribution in [0, 0.1) is 5.41 Å². The molecule has 0 unspecified atom stereocenters. The Morgan fingerprint density at radius 1 is 1.03 bits per heavy atom. The number of nitrogens with zero attached hydrogens (tertiary/aromatic N) is 2. The van der Waals surface area contributed by atoms with Gasteiger partial charge in [0.2, 0.25) is 5.91 Å². The predicted molar refractivity (Wildman–Crippen MR) is 129 cm³/mol. The van der Waals surface area contributed by atoms with Crippen LogP contribution in [0.25, 0.3) is 11.1 Å². The zero-order valence-corrected chi connectivity index (χ0v) is 20.0. The molecule has 3 heterocycles. The molecule has 2 aliphatic heterocycles. The standard InChI is InChI=1S/C25H33N3O3S/c1-25(2,3)24(30)28-11-9-19(10-12-28)26-22(29)21-17-20(18-7-5-4-6-8-18)23(32-21)27-13-15-31-16-14-27/h4-8,17,19H,9-16H2,1-3H3,(H,26,29). The summed E-state index contributed by atoms with van der Waals surface area (Å²) in [4.78, 5) is 30.7. The minimum absolute atomic E-state index is 0.0210. The molecule has 0 spiro atoms. The van der Waals surface area contributed by atoms with Gasteiger partial charge >= 0.3 is 0 Å². The van der Waals surface area contributed by atoms with E-state index in [0.29, 0.717) is 26.3 Å². The van der Waals surface area contributed by atoms with Gasteiger partial charge < -0.3 is 19.9 Å². The second-order valence-electron chi connectivity index (χ2n) is 9.58. The molecule has 2 aliphatic rings. The second-order valence-corrected chi connectivity index (χ2v) is 10.6. The summed E-state index contributed by atoms with van der Waals surface area (Å²) in [5.74, 6) is 0.162. The Morgan fingerprint density at radius 3 is 2.31 bits per heavy atom. The number of carbonyl (C=O) groups is 2. The highest BCUT2D eigenvalue weighted by atomic mass is 32.1. The lowest BCUT2D eigenvalue weighted by Gasteiger charge is -2.35. The van der Waals surface area contributed by atoms with Gasteiger partial charge in [0.05, 0.1) is 23.1 Å². The van der Waals surface area contributed by atoms with Gasteiger partial charge in [-0.2, -0.15) is 0 Å². The number of likely N-dealkylation sites (tertiary alicyclic amines) is 1. The molecule has 1 aromatic carbocycles. The zero-order chi connectivity index (χ0) is 22.7. The number of carbonyl (C=O) groups excluding carboxylic acids is 2. The number of amides is 2. The molecule has 1 N–H and O–H groups in total. The molecule has 172 valence electrons. The minimum atomic E-state index is -0.364. The molecule has 6 nitrogen and oxygen atoms in total. The molecule has 32 heavy (non-hydrogen) atoms. The number of hydrogen-bond donors (Lipinski definition) is 1. The van der Waals surface area contributed by atoms with Crippen molar-refractivity contribution in [2.24, 2.45) is 5.41 Å². The van der Waals surface area contributed by atoms with Crippen molar-refractivity contribution in [2.45, 2.75) is 39.7 Å². The van der Waals surface area contributed by atoms with Gasteiger partial charge in [-0.25, -0.2) is 0 Å². The van der Waals surface area contributed by atoms with E-state index >= 15 is 0 Å². The molecule has 0 radical (unpaired) electrons. The van der Waals surface area contributed by atoms with Crippen molar-refractivity contribution in [2.75, 3.05) is 44.3 Å². The van der Waals surface area contributed by atoms with Crippen molar-refractivity contribution in [1.29, 1.82) is 0 Å². The molecule has 0 saturated carbocycles. The summed E-state index contributed by atoms with van der Waals surface area (Å²) < 4.78 is 5.52. The van der Waals surface area contributed by atoms with Crippen LogP contribution in [0.4, 0.5) is 5.00 Å². The fourth-order valence-corrected chi connectivity index (χ4v) is 5.41. The molecule has 2 fully saturated rings. The van der Waals surface area contributed by atoms with Crippen molar-refractivity contribution in [3.63, 3.8) is 0 Å². The number of anilines is 1. The summed E-state index contributed by atoms with van der Waals surface area (Å²) in [5.41, 5.74) is 1.86. The third kappa shape index (κ3) is 5.15. The number of ether oxygens (including phenoxy) is 1. The number of thiophene rings is 1. The van der Waals surface area contributed by atoms with Gasteiger partial charge in [0, 0.05) is 43.2 Å². The highest BCUT2D eigenvalue weighted by molar-refractivity contribution is 7.18. The molecule has 4 rings (SSSR count). The van der Waals surface area contributed by atoms with Crippen LogP contribution in [0.15, 0.2) is 36.4 Å². The Morgan fingerprint density at radius 2 is 1.69 bits per heavy atom. The van der Waals surface area contributed by atoms with Crippen LogP contribution in [0.1, 0.15) is 43.3 Å². The third-order valence-corrected chi connectivity index (χ3v) is 7.27. The van der Waals surface area contributed by atoms with E-state index in [2.05, 4.69) is 22.3 Å². The summed E-state index contributed by atoms with van der Waals surface area (Å²) in [6.45, 7) is 10.3. The van der Waals surface area contributed by atoms with Crippen molar-refractivity contribution in [1.82, 2.24) is 10.2 Å². The summed E-state index contributed by atoms with van der Waals surface area (Å²) in [6, 6.07) is 12.4. The fraction of sp³-hybridized carbons (Fsp3) is 0.520. The Hall–Kier alpha value is -2.38. The van der Waals surface area contributed by atoms with E-state index in [9.17, 15) is 9.59 Å². The van der Waals surface area contributed by atoms with Gasteiger partial charge in [-0.15, -0.1) is 11.3 Å². The van der Waals surface area contributed by atoms with Crippen LogP contribution in [-0.2, 0) is 9.53 Å². The predicted octanol–water partition coefficient (Wildman–Crippen LogP) is 4.02. The quantitative estimate of drug-likeness (QED) is 0.757. The average molecular weight is 456 g/mol. The molecule has 1 aromatic heterocycles. The van der Waals surface area contributed by atoms with Gasteiger partial charge in [0.15, 0.2) is 0 Å². The van der Waals surface area contributed by atoms with Crippen molar-refractivity contribution in [3.05, 3.63) is 41.3 Å². The zero-order valence-electron chi connectivity index (χ0n) is 19.2. The Balaban J connectivity index is 1.46. The van der Waals surface area contributed by atoms with Crippen LogP contribution in [-0.4, -0.2) is 62.1 Å². The lowest BCUT2D eigenvalue weighted by atomic mass is 9.93. The Labute approximate surface area is 194 Å². The summed E-state index contributed by atoms with van der Waals surface area (Å²) >= 11 is 1.56. The van der Waals surface area contributed by atoms with E-state index in [1.165, 1.54) is 0 Å². The number of rotatable bonds is 4. The largest absolute Gasteiger partial charge is 0.378 e. The SMILES string of the molecule is CC(C)(C)C(=O)N1CCC(NC(=O)c2cc(-c3ccccc3)c(N3CCOCC3)s2)CC1. The van der Waals surface area contributed by atoms with Gasteiger partial charge in [0.25, 0.3) is 5.91 Å². The maximum absolute atomic E-state index is 13.1. The summed E-state index contributed by atoms with van der Waals surface area (Å²) in [7, 11) is 0. The van der Waals surface area contributed by atoms with Crippen LogP contribution in [0.2, 0.25) is 0 Å². The summed E-state index contributed by atoms with van der Waals surface area (Å²) in [5, 5.41) is 4.35. The monoisotopic (exact) mass is 455 g/mol. The molecule has 0 aliphatic carbocycles. The first-order chi connectivity index (χ1) is 15.3. The maximum Gasteiger partial charge on any atom is 0.261 e. The van der Waals surface area contributed by atoms with E-state index in [-0.39, 0.29) is 23.3 Å². The van der Waals surface area contributed by atoms with E-state index in [4.69, 9.17) is 4.74 Å². The van der Waals surface area contributed by atoms with Gasteiger partial charge in [0.1, 0.15) is 0 Å². The molecule has 2 aromatic rings. The molecule has 0 atom stereocenters. The smallest absolute Gasteiger partial charge is 0.261 e. The second kappa shape index (κ2) is 9.63. The molecule has 7 heteroatoms. The van der Waals surface area contributed by atoms with Crippen LogP contribution in [0.5, 0.6) is 0 Å². The number of piperidine rings is 1. The fourth-order valence-electron chi connectivity index (χ4n) is 4.28. The molecule has 0 bridgehead atoms. The first kappa shape index (κ1) is 22.8. The van der Waals surface area contributed by atoms with E-state index in [1.807, 2.05) is 49.9 Å².